The maximum Gasteiger partial charge on any atom is 0.207 e. The fraction of sp³-hybridized carbons (Fsp3) is 0. The zero-order chi connectivity index (χ0) is 16.5. The summed E-state index contributed by atoms with van der Waals surface area (Å²) in [6.07, 6.45) is 1.82. The van der Waals surface area contributed by atoms with E-state index in [2.05, 4.69) is 9.97 Å². The second-order valence-corrected chi connectivity index (χ2v) is 6.08. The zero-order valence-electron chi connectivity index (χ0n) is 12.6. The van der Waals surface area contributed by atoms with Gasteiger partial charge in [0.1, 0.15) is 5.82 Å². The molecule has 0 bridgehead atoms. The van der Waals surface area contributed by atoms with Gasteiger partial charge in [0.2, 0.25) is 5.95 Å². The van der Waals surface area contributed by atoms with Crippen LogP contribution in [0.3, 0.4) is 0 Å². The number of hydrogen-bond acceptors (Lipinski definition) is 4. The summed E-state index contributed by atoms with van der Waals surface area (Å²) in [5.74, 6) is 0.0712. The maximum absolute atomic E-state index is 13.1. The minimum absolute atomic E-state index is 0.279. The Balaban J connectivity index is 1.70. The first-order valence-electron chi connectivity index (χ1n) is 7.33. The first kappa shape index (κ1) is 14.6. The van der Waals surface area contributed by atoms with Crippen LogP contribution in [0, 0.1) is 5.82 Å². The summed E-state index contributed by atoms with van der Waals surface area (Å²) in [6, 6.07) is 16.1. The molecule has 2 N–H and O–H groups in total. The van der Waals surface area contributed by atoms with Gasteiger partial charge >= 0.3 is 0 Å². The van der Waals surface area contributed by atoms with E-state index in [4.69, 9.17) is 5.73 Å². The Bertz CT molecular complexity index is 974. The molecule has 4 rings (SSSR count). The standard InChI is InChI=1S/C18H13FN4S/c19-14-8-6-13(7-9-14)15-10-23(17(20)21-15)18-22-16(11-24-18)12-4-2-1-3-5-12/h1-11H,(H2,20,21). The number of thiazole rings is 1. The van der Waals surface area contributed by atoms with Gasteiger partial charge in [-0.15, -0.1) is 11.3 Å². The molecule has 4 nitrogen and oxygen atoms in total. The highest BCUT2D eigenvalue weighted by atomic mass is 32.1. The molecule has 0 fully saturated rings. The average Bonchev–Trinajstić information content (AvgIpc) is 3.23. The van der Waals surface area contributed by atoms with Crippen LogP contribution in [0.25, 0.3) is 27.6 Å². The Morgan fingerprint density at radius 2 is 1.58 bits per heavy atom. The molecule has 0 radical (unpaired) electrons. The van der Waals surface area contributed by atoms with E-state index in [9.17, 15) is 4.39 Å². The number of imidazole rings is 1. The lowest BCUT2D eigenvalue weighted by molar-refractivity contribution is 0.628. The van der Waals surface area contributed by atoms with Gasteiger partial charge in [-0.3, -0.25) is 4.57 Å². The van der Waals surface area contributed by atoms with Crippen molar-refractivity contribution in [3.05, 3.63) is 72.0 Å². The molecule has 0 aliphatic heterocycles. The van der Waals surface area contributed by atoms with E-state index in [0.717, 1.165) is 22.0 Å². The second-order valence-electron chi connectivity index (χ2n) is 5.24. The van der Waals surface area contributed by atoms with E-state index in [1.807, 2.05) is 41.9 Å². The maximum atomic E-state index is 13.1. The van der Waals surface area contributed by atoms with Crippen LogP contribution in [-0.2, 0) is 0 Å². The molecular weight excluding hydrogens is 323 g/mol. The highest BCUT2D eigenvalue weighted by Crippen LogP contribution is 2.28. The summed E-state index contributed by atoms with van der Waals surface area (Å²) in [7, 11) is 0. The van der Waals surface area contributed by atoms with Crippen LogP contribution in [0.5, 0.6) is 0 Å². The lowest BCUT2D eigenvalue weighted by Gasteiger charge is -1.98. The number of nitrogens with zero attached hydrogens (tertiary/aromatic N) is 3. The number of aromatic nitrogens is 3. The molecule has 0 saturated heterocycles. The van der Waals surface area contributed by atoms with Crippen molar-refractivity contribution in [2.75, 3.05) is 5.73 Å². The molecule has 0 unspecified atom stereocenters. The van der Waals surface area contributed by atoms with Crippen molar-refractivity contribution in [2.24, 2.45) is 0 Å². The summed E-state index contributed by atoms with van der Waals surface area (Å²) >= 11 is 1.49. The molecule has 0 aliphatic carbocycles. The predicted octanol–water partition coefficient (Wildman–Crippen LogP) is 4.38. The van der Waals surface area contributed by atoms with Crippen molar-refractivity contribution in [1.82, 2.24) is 14.5 Å². The number of halogens is 1. The van der Waals surface area contributed by atoms with Crippen LogP contribution in [0.15, 0.2) is 66.2 Å². The largest absolute Gasteiger partial charge is 0.369 e. The van der Waals surface area contributed by atoms with Gasteiger partial charge in [-0.1, -0.05) is 30.3 Å². The molecule has 118 valence electrons. The van der Waals surface area contributed by atoms with E-state index < -0.39 is 0 Å². The topological polar surface area (TPSA) is 56.7 Å². The smallest absolute Gasteiger partial charge is 0.207 e. The summed E-state index contributed by atoms with van der Waals surface area (Å²) in [6.45, 7) is 0. The highest BCUT2D eigenvalue weighted by Gasteiger charge is 2.12. The van der Waals surface area contributed by atoms with Crippen molar-refractivity contribution < 1.29 is 4.39 Å². The third-order valence-corrected chi connectivity index (χ3v) is 4.48. The Morgan fingerprint density at radius 3 is 2.33 bits per heavy atom. The summed E-state index contributed by atoms with van der Waals surface area (Å²) < 4.78 is 14.8. The van der Waals surface area contributed by atoms with E-state index in [0.29, 0.717) is 11.6 Å². The minimum atomic E-state index is -0.279. The van der Waals surface area contributed by atoms with Crippen molar-refractivity contribution in [3.63, 3.8) is 0 Å². The molecular formula is C18H13FN4S. The first-order chi connectivity index (χ1) is 11.7. The lowest BCUT2D eigenvalue weighted by atomic mass is 10.2. The van der Waals surface area contributed by atoms with Gasteiger partial charge in [0.15, 0.2) is 5.13 Å². The molecule has 4 aromatic rings. The SMILES string of the molecule is Nc1nc(-c2ccc(F)cc2)cn1-c1nc(-c2ccccc2)cs1. The third kappa shape index (κ3) is 2.68. The monoisotopic (exact) mass is 336 g/mol. The normalized spacial score (nSPS) is 10.9. The molecule has 2 heterocycles. The van der Waals surface area contributed by atoms with Crippen molar-refractivity contribution >= 4 is 17.3 Å². The molecule has 2 aromatic carbocycles. The van der Waals surface area contributed by atoms with Gasteiger partial charge in [-0.25, -0.2) is 14.4 Å². The van der Waals surface area contributed by atoms with Gasteiger partial charge in [0.05, 0.1) is 11.4 Å². The molecule has 6 heteroatoms. The van der Waals surface area contributed by atoms with Gasteiger partial charge in [-0.05, 0) is 24.3 Å². The number of nitrogen functional groups attached to an aromatic ring is 1. The van der Waals surface area contributed by atoms with Crippen LogP contribution in [-0.4, -0.2) is 14.5 Å². The van der Waals surface area contributed by atoms with Gasteiger partial charge in [0, 0.05) is 22.7 Å². The van der Waals surface area contributed by atoms with Gasteiger partial charge in [-0.2, -0.15) is 0 Å². The van der Waals surface area contributed by atoms with Crippen LogP contribution >= 0.6 is 11.3 Å². The molecule has 2 aromatic heterocycles. The van der Waals surface area contributed by atoms with Gasteiger partial charge in [0.25, 0.3) is 0 Å². The third-order valence-electron chi connectivity index (χ3n) is 3.64. The minimum Gasteiger partial charge on any atom is -0.369 e. The average molecular weight is 336 g/mol. The van der Waals surface area contributed by atoms with Crippen molar-refractivity contribution in [3.8, 4) is 27.6 Å². The number of benzene rings is 2. The van der Waals surface area contributed by atoms with E-state index >= 15 is 0 Å². The number of rotatable bonds is 3. The lowest BCUT2D eigenvalue weighted by Crippen LogP contribution is -1.98. The van der Waals surface area contributed by atoms with Crippen LogP contribution in [0.2, 0.25) is 0 Å². The number of hydrogen-bond donors (Lipinski definition) is 1. The van der Waals surface area contributed by atoms with E-state index in [1.54, 1.807) is 16.7 Å². The van der Waals surface area contributed by atoms with Crippen LogP contribution < -0.4 is 5.73 Å². The molecule has 0 spiro atoms. The number of anilines is 1. The fourth-order valence-corrected chi connectivity index (χ4v) is 3.24. The zero-order valence-corrected chi connectivity index (χ0v) is 13.4. The Kier molecular flexibility index (Phi) is 3.59. The van der Waals surface area contributed by atoms with Crippen LogP contribution in [0.4, 0.5) is 10.3 Å². The summed E-state index contributed by atoms with van der Waals surface area (Å²) in [5.41, 5.74) is 9.47. The molecule has 0 atom stereocenters. The quantitative estimate of drug-likeness (QED) is 0.604. The molecule has 0 saturated carbocycles. The number of nitrogens with two attached hydrogens (primary N) is 1. The Morgan fingerprint density at radius 1 is 0.875 bits per heavy atom. The molecule has 0 amide bonds. The van der Waals surface area contributed by atoms with E-state index in [1.165, 1.54) is 23.5 Å². The van der Waals surface area contributed by atoms with Crippen molar-refractivity contribution in [1.29, 1.82) is 0 Å². The summed E-state index contributed by atoms with van der Waals surface area (Å²) in [4.78, 5) is 8.99. The fourth-order valence-electron chi connectivity index (χ4n) is 2.42. The summed E-state index contributed by atoms with van der Waals surface area (Å²) in [5, 5.41) is 2.73. The Labute approximate surface area is 142 Å². The Hall–Kier alpha value is -2.99. The van der Waals surface area contributed by atoms with Gasteiger partial charge < -0.3 is 5.73 Å². The van der Waals surface area contributed by atoms with Crippen molar-refractivity contribution in [2.45, 2.75) is 0 Å². The van der Waals surface area contributed by atoms with E-state index in [-0.39, 0.29) is 5.82 Å². The second kappa shape index (κ2) is 5.90. The first-order valence-corrected chi connectivity index (χ1v) is 8.21. The molecule has 0 aliphatic rings. The molecule has 24 heavy (non-hydrogen) atoms. The predicted molar refractivity (Wildman–Crippen MR) is 94.5 cm³/mol. The van der Waals surface area contributed by atoms with Crippen LogP contribution in [0.1, 0.15) is 0 Å². The highest BCUT2D eigenvalue weighted by molar-refractivity contribution is 7.12.